The molecule has 4 amide bonds. The van der Waals surface area contributed by atoms with Crippen LogP contribution in [-0.2, 0) is 13.1 Å². The summed E-state index contributed by atoms with van der Waals surface area (Å²) in [5.74, 6) is -1.70. The van der Waals surface area contributed by atoms with Crippen molar-refractivity contribution in [2.45, 2.75) is 58.7 Å². The first-order chi connectivity index (χ1) is 20.4. The van der Waals surface area contributed by atoms with E-state index in [0.717, 1.165) is 36.8 Å². The summed E-state index contributed by atoms with van der Waals surface area (Å²) in [7, 11) is 0. The van der Waals surface area contributed by atoms with Gasteiger partial charge in [-0.05, 0) is 48.7 Å². The van der Waals surface area contributed by atoms with Gasteiger partial charge in [-0.3, -0.25) is 24.1 Å². The van der Waals surface area contributed by atoms with Crippen molar-refractivity contribution in [2.24, 2.45) is 0 Å². The molecule has 0 spiro atoms. The van der Waals surface area contributed by atoms with E-state index in [1.165, 1.54) is 9.91 Å². The van der Waals surface area contributed by atoms with E-state index in [9.17, 15) is 19.2 Å². The summed E-state index contributed by atoms with van der Waals surface area (Å²) < 4.78 is 0. The second kappa shape index (κ2) is 11.3. The predicted molar refractivity (Wildman–Crippen MR) is 161 cm³/mol. The van der Waals surface area contributed by atoms with Crippen molar-refractivity contribution >= 4 is 34.4 Å². The number of carbonyl (C=O) groups excluding carboxylic acids is 4. The zero-order chi connectivity index (χ0) is 29.4. The van der Waals surface area contributed by atoms with Gasteiger partial charge >= 0.3 is 0 Å². The minimum absolute atomic E-state index is 0.254. The molecule has 0 aromatic heterocycles. The maximum absolute atomic E-state index is 14.1. The van der Waals surface area contributed by atoms with Crippen LogP contribution in [0, 0.1) is 0 Å². The van der Waals surface area contributed by atoms with Crippen LogP contribution in [0.4, 0.5) is 0 Å². The van der Waals surface area contributed by atoms with Gasteiger partial charge in [-0.25, -0.2) is 10.0 Å². The molecule has 0 aliphatic carbocycles. The minimum atomic E-state index is -0.474. The number of rotatable bonds is 10. The Kier molecular flexibility index (Phi) is 7.43. The van der Waals surface area contributed by atoms with Gasteiger partial charge in [0.05, 0.1) is 11.1 Å². The SMILES string of the molecule is CCCCCC(C)N1C(=O)c2ccc3c4c(ccc(c24)C1=O)C(=O)N(N(Cc1ccccc1)Cc1ccccc1)C3=O. The first-order valence-corrected chi connectivity index (χ1v) is 14.6. The predicted octanol–water partition coefficient (Wildman–Crippen LogP) is 6.62. The lowest BCUT2D eigenvalue weighted by Crippen LogP contribution is -2.51. The lowest BCUT2D eigenvalue weighted by Gasteiger charge is -2.38. The van der Waals surface area contributed by atoms with Crippen LogP contribution in [0.1, 0.15) is 92.1 Å². The topological polar surface area (TPSA) is 78.0 Å². The van der Waals surface area contributed by atoms with Crippen molar-refractivity contribution in [3.05, 3.63) is 118 Å². The molecule has 1 unspecified atom stereocenters. The molecule has 42 heavy (non-hydrogen) atoms. The number of carbonyl (C=O) groups is 4. The Bertz CT molecular complexity index is 1590. The van der Waals surface area contributed by atoms with Gasteiger partial charge in [0.1, 0.15) is 0 Å². The molecular weight excluding hydrogens is 526 g/mol. The molecule has 0 bridgehead atoms. The van der Waals surface area contributed by atoms with E-state index in [0.29, 0.717) is 46.1 Å². The molecule has 0 saturated carbocycles. The highest BCUT2D eigenvalue weighted by atomic mass is 16.2. The first-order valence-electron chi connectivity index (χ1n) is 14.6. The Balaban J connectivity index is 1.41. The van der Waals surface area contributed by atoms with Crippen molar-refractivity contribution in [3.63, 3.8) is 0 Å². The molecule has 1 atom stereocenters. The van der Waals surface area contributed by atoms with Crippen molar-refractivity contribution in [1.29, 1.82) is 0 Å². The van der Waals surface area contributed by atoms with Gasteiger partial charge in [0.25, 0.3) is 23.6 Å². The maximum atomic E-state index is 14.1. The van der Waals surface area contributed by atoms with E-state index in [1.54, 1.807) is 29.3 Å². The highest BCUT2D eigenvalue weighted by Gasteiger charge is 2.42. The lowest BCUT2D eigenvalue weighted by molar-refractivity contribution is -0.0120. The van der Waals surface area contributed by atoms with Gasteiger partial charge in [0.15, 0.2) is 0 Å². The Morgan fingerprint density at radius 2 is 1.02 bits per heavy atom. The maximum Gasteiger partial charge on any atom is 0.276 e. The number of imide groups is 2. The number of hydrogen-bond donors (Lipinski definition) is 0. The van der Waals surface area contributed by atoms with Gasteiger partial charge in [0.2, 0.25) is 0 Å². The average Bonchev–Trinajstić information content (AvgIpc) is 3.00. The monoisotopic (exact) mass is 559 g/mol. The van der Waals surface area contributed by atoms with Crippen LogP contribution in [0.2, 0.25) is 0 Å². The summed E-state index contributed by atoms with van der Waals surface area (Å²) in [5.41, 5.74) is 3.23. The summed E-state index contributed by atoms with van der Waals surface area (Å²) in [4.78, 5) is 57.0. The third-order valence-corrected chi connectivity index (χ3v) is 8.27. The second-order valence-corrected chi connectivity index (χ2v) is 11.1. The molecule has 2 aliphatic rings. The van der Waals surface area contributed by atoms with E-state index in [2.05, 4.69) is 6.92 Å². The molecule has 0 saturated heterocycles. The van der Waals surface area contributed by atoms with E-state index < -0.39 is 11.8 Å². The normalized spacial score (nSPS) is 15.2. The molecule has 0 fully saturated rings. The van der Waals surface area contributed by atoms with Gasteiger partial charge in [-0.1, -0.05) is 86.8 Å². The number of benzene rings is 4. The van der Waals surface area contributed by atoms with Crippen molar-refractivity contribution in [2.75, 3.05) is 0 Å². The molecule has 2 heterocycles. The minimum Gasteiger partial charge on any atom is -0.272 e. The van der Waals surface area contributed by atoms with Crippen LogP contribution in [0.5, 0.6) is 0 Å². The molecule has 212 valence electrons. The zero-order valence-corrected chi connectivity index (χ0v) is 23.9. The van der Waals surface area contributed by atoms with Crippen LogP contribution in [0.3, 0.4) is 0 Å². The zero-order valence-electron chi connectivity index (χ0n) is 23.9. The molecule has 4 aromatic carbocycles. The summed E-state index contributed by atoms with van der Waals surface area (Å²) >= 11 is 0. The van der Waals surface area contributed by atoms with Gasteiger partial charge in [0, 0.05) is 41.0 Å². The summed E-state index contributed by atoms with van der Waals surface area (Å²) in [5, 5.41) is 3.76. The number of hydrogen-bond acceptors (Lipinski definition) is 5. The van der Waals surface area contributed by atoms with Crippen LogP contribution < -0.4 is 0 Å². The average molecular weight is 560 g/mol. The summed E-state index contributed by atoms with van der Waals surface area (Å²) in [6, 6.07) is 25.7. The number of amides is 4. The molecule has 6 rings (SSSR count). The molecule has 4 aromatic rings. The molecule has 0 radical (unpaired) electrons. The van der Waals surface area contributed by atoms with E-state index in [1.807, 2.05) is 67.6 Å². The summed E-state index contributed by atoms with van der Waals surface area (Å²) in [6.45, 7) is 4.69. The number of unbranched alkanes of at least 4 members (excludes halogenated alkanes) is 2. The molecule has 7 nitrogen and oxygen atoms in total. The van der Waals surface area contributed by atoms with Gasteiger partial charge in [-0.15, -0.1) is 0 Å². The smallest absolute Gasteiger partial charge is 0.272 e. The third-order valence-electron chi connectivity index (χ3n) is 8.27. The van der Waals surface area contributed by atoms with Crippen LogP contribution in [0.25, 0.3) is 10.8 Å². The fraction of sp³-hybridized carbons (Fsp3) is 0.257. The Morgan fingerprint density at radius 1 is 0.595 bits per heavy atom. The second-order valence-electron chi connectivity index (χ2n) is 11.1. The quantitative estimate of drug-likeness (QED) is 0.161. The molecule has 7 heteroatoms. The van der Waals surface area contributed by atoms with Gasteiger partial charge < -0.3 is 0 Å². The van der Waals surface area contributed by atoms with Crippen molar-refractivity contribution in [1.82, 2.24) is 14.9 Å². The molecule has 0 N–H and O–H groups in total. The van der Waals surface area contributed by atoms with E-state index in [-0.39, 0.29) is 17.9 Å². The summed E-state index contributed by atoms with van der Waals surface area (Å²) in [6.07, 6.45) is 3.74. The Morgan fingerprint density at radius 3 is 1.45 bits per heavy atom. The first kappa shape index (κ1) is 27.5. The van der Waals surface area contributed by atoms with Gasteiger partial charge in [-0.2, -0.15) is 0 Å². The Hall–Kier alpha value is -4.62. The van der Waals surface area contributed by atoms with Crippen LogP contribution in [-0.4, -0.2) is 44.6 Å². The number of nitrogens with zero attached hydrogens (tertiary/aromatic N) is 3. The van der Waals surface area contributed by atoms with E-state index in [4.69, 9.17) is 0 Å². The highest BCUT2D eigenvalue weighted by Crippen LogP contribution is 2.39. The van der Waals surface area contributed by atoms with Crippen molar-refractivity contribution < 1.29 is 19.2 Å². The highest BCUT2D eigenvalue weighted by molar-refractivity contribution is 6.33. The van der Waals surface area contributed by atoms with Crippen LogP contribution >= 0.6 is 0 Å². The van der Waals surface area contributed by atoms with Crippen molar-refractivity contribution in [3.8, 4) is 0 Å². The Labute approximate surface area is 245 Å². The third kappa shape index (κ3) is 4.69. The lowest BCUT2D eigenvalue weighted by atomic mass is 9.85. The number of hydrazine groups is 1. The fourth-order valence-electron chi connectivity index (χ4n) is 6.14. The molecule has 2 aliphatic heterocycles. The largest absolute Gasteiger partial charge is 0.276 e. The van der Waals surface area contributed by atoms with Crippen LogP contribution in [0.15, 0.2) is 84.9 Å². The standard InChI is InChI=1S/C35H33N3O4/c1-3-4-7-12-23(2)37-32(39)26-17-19-28-31-29(20-18-27(30(26)31)33(37)40)35(42)38(34(28)41)36(21-24-13-8-5-9-14-24)22-25-15-10-6-11-16-25/h5-6,8-11,13-20,23H,3-4,7,12,21-22H2,1-2H3. The fourth-order valence-corrected chi connectivity index (χ4v) is 6.14. The molecular formula is C35H33N3O4. The van der Waals surface area contributed by atoms with E-state index >= 15 is 0 Å².